The molecule has 0 unspecified atom stereocenters. The molecular weight excluding hydrogens is 212 g/mol. The van der Waals surface area contributed by atoms with E-state index < -0.39 is 0 Å². The Morgan fingerprint density at radius 1 is 1.67 bits per heavy atom. The molecule has 0 spiro atoms. The molecule has 1 amide bonds. The van der Waals surface area contributed by atoms with Gasteiger partial charge in [-0.15, -0.1) is 11.3 Å². The number of likely N-dealkylation sites (N-methyl/N-ethyl adjacent to an activating group) is 1. The summed E-state index contributed by atoms with van der Waals surface area (Å²) < 4.78 is 0. The Labute approximate surface area is 93.5 Å². The zero-order chi connectivity index (χ0) is 11.1. The van der Waals surface area contributed by atoms with Crippen LogP contribution in [0, 0.1) is 0 Å². The SMILES string of the molecule is CN(CCO)CC(=O)NCc1cccs1. The van der Waals surface area contributed by atoms with E-state index in [0.717, 1.165) is 4.88 Å². The number of carbonyl (C=O) groups excluding carboxylic acids is 1. The number of aliphatic hydroxyl groups is 1. The normalized spacial score (nSPS) is 10.6. The predicted molar refractivity (Wildman–Crippen MR) is 60.7 cm³/mol. The minimum atomic E-state index is -0.0145. The molecule has 0 aliphatic rings. The van der Waals surface area contributed by atoms with E-state index in [9.17, 15) is 4.79 Å². The van der Waals surface area contributed by atoms with Crippen molar-refractivity contribution in [2.75, 3.05) is 26.7 Å². The van der Waals surface area contributed by atoms with E-state index in [1.165, 1.54) is 0 Å². The number of amides is 1. The maximum absolute atomic E-state index is 11.4. The third-order valence-electron chi connectivity index (χ3n) is 1.94. The number of rotatable bonds is 6. The van der Waals surface area contributed by atoms with Crippen molar-refractivity contribution in [3.63, 3.8) is 0 Å². The zero-order valence-corrected chi connectivity index (χ0v) is 9.59. The topological polar surface area (TPSA) is 52.6 Å². The Hall–Kier alpha value is -0.910. The van der Waals surface area contributed by atoms with Crippen LogP contribution in [0.2, 0.25) is 0 Å². The molecule has 1 aromatic rings. The molecule has 1 heterocycles. The highest BCUT2D eigenvalue weighted by Gasteiger charge is 2.05. The summed E-state index contributed by atoms with van der Waals surface area (Å²) in [6, 6.07) is 3.95. The highest BCUT2D eigenvalue weighted by atomic mass is 32.1. The van der Waals surface area contributed by atoms with Crippen molar-refractivity contribution in [3.8, 4) is 0 Å². The van der Waals surface area contributed by atoms with Gasteiger partial charge in [0, 0.05) is 11.4 Å². The predicted octanol–water partition coefficient (Wildman–Crippen LogP) is 0.288. The van der Waals surface area contributed by atoms with Crippen molar-refractivity contribution in [2.24, 2.45) is 0 Å². The first-order valence-corrected chi connectivity index (χ1v) is 5.69. The summed E-state index contributed by atoms with van der Waals surface area (Å²) in [6.07, 6.45) is 0. The first kappa shape index (κ1) is 12.2. The number of thiophene rings is 1. The molecule has 84 valence electrons. The molecule has 0 saturated heterocycles. The van der Waals surface area contributed by atoms with E-state index in [0.29, 0.717) is 19.6 Å². The standard InChI is InChI=1S/C10H16N2O2S/c1-12(4-5-13)8-10(14)11-7-9-3-2-6-15-9/h2-3,6,13H,4-5,7-8H2,1H3,(H,11,14). The van der Waals surface area contributed by atoms with Crippen LogP contribution < -0.4 is 5.32 Å². The van der Waals surface area contributed by atoms with Gasteiger partial charge >= 0.3 is 0 Å². The van der Waals surface area contributed by atoms with Crippen molar-refractivity contribution in [1.82, 2.24) is 10.2 Å². The van der Waals surface area contributed by atoms with Crippen molar-refractivity contribution < 1.29 is 9.90 Å². The lowest BCUT2D eigenvalue weighted by atomic mass is 10.4. The van der Waals surface area contributed by atoms with Crippen molar-refractivity contribution in [2.45, 2.75) is 6.54 Å². The fraction of sp³-hybridized carbons (Fsp3) is 0.500. The van der Waals surface area contributed by atoms with Crippen LogP contribution in [0.15, 0.2) is 17.5 Å². The Balaban J connectivity index is 2.19. The van der Waals surface area contributed by atoms with E-state index >= 15 is 0 Å². The Kier molecular flexibility index (Phi) is 5.31. The van der Waals surface area contributed by atoms with Crippen LogP contribution in [-0.4, -0.2) is 42.7 Å². The largest absolute Gasteiger partial charge is 0.395 e. The van der Waals surface area contributed by atoms with Gasteiger partial charge in [0.2, 0.25) is 5.91 Å². The lowest BCUT2D eigenvalue weighted by molar-refractivity contribution is -0.122. The van der Waals surface area contributed by atoms with Crippen LogP contribution in [0.25, 0.3) is 0 Å². The number of carbonyl (C=O) groups is 1. The molecular formula is C10H16N2O2S. The van der Waals surface area contributed by atoms with Gasteiger partial charge in [-0.3, -0.25) is 9.69 Å². The monoisotopic (exact) mass is 228 g/mol. The minimum Gasteiger partial charge on any atom is -0.395 e. The minimum absolute atomic E-state index is 0.0145. The van der Waals surface area contributed by atoms with E-state index in [4.69, 9.17) is 5.11 Å². The summed E-state index contributed by atoms with van der Waals surface area (Å²) in [4.78, 5) is 14.3. The second-order valence-corrected chi connectivity index (χ2v) is 4.35. The van der Waals surface area contributed by atoms with E-state index in [1.807, 2.05) is 17.5 Å². The molecule has 0 atom stereocenters. The molecule has 0 bridgehead atoms. The molecule has 0 aromatic carbocycles. The van der Waals surface area contributed by atoms with Gasteiger partial charge in [-0.1, -0.05) is 6.07 Å². The molecule has 2 N–H and O–H groups in total. The van der Waals surface area contributed by atoms with Gasteiger partial charge in [-0.2, -0.15) is 0 Å². The van der Waals surface area contributed by atoms with E-state index in [-0.39, 0.29) is 12.5 Å². The molecule has 1 rings (SSSR count). The second kappa shape index (κ2) is 6.55. The molecule has 0 radical (unpaired) electrons. The summed E-state index contributed by atoms with van der Waals surface area (Å²) in [7, 11) is 1.81. The Morgan fingerprint density at radius 2 is 2.47 bits per heavy atom. The quantitative estimate of drug-likeness (QED) is 0.736. The summed E-state index contributed by atoms with van der Waals surface area (Å²) in [5.41, 5.74) is 0. The molecule has 15 heavy (non-hydrogen) atoms. The Morgan fingerprint density at radius 3 is 3.07 bits per heavy atom. The Bertz CT molecular complexity index is 288. The maximum atomic E-state index is 11.4. The van der Waals surface area contributed by atoms with Crippen LogP contribution in [-0.2, 0) is 11.3 Å². The average molecular weight is 228 g/mol. The molecule has 5 heteroatoms. The van der Waals surface area contributed by atoms with Gasteiger partial charge in [-0.05, 0) is 18.5 Å². The molecule has 0 saturated carbocycles. The number of hydrogen-bond acceptors (Lipinski definition) is 4. The first-order chi connectivity index (χ1) is 7.22. The fourth-order valence-electron chi connectivity index (χ4n) is 1.15. The highest BCUT2D eigenvalue weighted by Crippen LogP contribution is 2.07. The van der Waals surface area contributed by atoms with Crippen LogP contribution in [0.1, 0.15) is 4.88 Å². The third-order valence-corrected chi connectivity index (χ3v) is 2.81. The summed E-state index contributed by atoms with van der Waals surface area (Å²) in [6.45, 7) is 1.51. The third kappa shape index (κ3) is 4.92. The number of hydrogen-bond donors (Lipinski definition) is 2. The molecule has 4 nitrogen and oxygen atoms in total. The van der Waals surface area contributed by atoms with Crippen molar-refractivity contribution in [1.29, 1.82) is 0 Å². The lowest BCUT2D eigenvalue weighted by Gasteiger charge is -2.14. The van der Waals surface area contributed by atoms with Gasteiger partial charge < -0.3 is 10.4 Å². The van der Waals surface area contributed by atoms with E-state index in [2.05, 4.69) is 5.32 Å². The van der Waals surface area contributed by atoms with Gasteiger partial charge in [-0.25, -0.2) is 0 Å². The van der Waals surface area contributed by atoms with Gasteiger partial charge in [0.25, 0.3) is 0 Å². The van der Waals surface area contributed by atoms with Crippen LogP contribution >= 0.6 is 11.3 Å². The van der Waals surface area contributed by atoms with Crippen LogP contribution in [0.3, 0.4) is 0 Å². The van der Waals surface area contributed by atoms with Gasteiger partial charge in [0.05, 0.1) is 19.7 Å². The summed E-state index contributed by atoms with van der Waals surface area (Å²) >= 11 is 1.63. The average Bonchev–Trinajstić information content (AvgIpc) is 2.67. The molecule has 0 fully saturated rings. The lowest BCUT2D eigenvalue weighted by Crippen LogP contribution is -2.35. The second-order valence-electron chi connectivity index (χ2n) is 3.32. The van der Waals surface area contributed by atoms with Crippen LogP contribution in [0.5, 0.6) is 0 Å². The highest BCUT2D eigenvalue weighted by molar-refractivity contribution is 7.09. The maximum Gasteiger partial charge on any atom is 0.234 e. The van der Waals surface area contributed by atoms with Crippen molar-refractivity contribution >= 4 is 17.2 Å². The van der Waals surface area contributed by atoms with E-state index in [1.54, 1.807) is 23.3 Å². The number of aliphatic hydroxyl groups excluding tert-OH is 1. The van der Waals surface area contributed by atoms with Gasteiger partial charge in [0.15, 0.2) is 0 Å². The van der Waals surface area contributed by atoms with Gasteiger partial charge in [0.1, 0.15) is 0 Å². The summed E-state index contributed by atoms with van der Waals surface area (Å²) in [5.74, 6) is -0.0145. The fourth-order valence-corrected chi connectivity index (χ4v) is 1.79. The molecule has 1 aromatic heterocycles. The van der Waals surface area contributed by atoms with Crippen molar-refractivity contribution in [3.05, 3.63) is 22.4 Å². The summed E-state index contributed by atoms with van der Waals surface area (Å²) in [5, 5.41) is 13.5. The number of nitrogens with zero attached hydrogens (tertiary/aromatic N) is 1. The smallest absolute Gasteiger partial charge is 0.234 e. The molecule has 0 aliphatic heterocycles. The number of nitrogens with one attached hydrogen (secondary N) is 1. The molecule has 0 aliphatic carbocycles. The zero-order valence-electron chi connectivity index (χ0n) is 8.77. The van der Waals surface area contributed by atoms with Crippen LogP contribution in [0.4, 0.5) is 0 Å². The first-order valence-electron chi connectivity index (χ1n) is 4.81.